The summed E-state index contributed by atoms with van der Waals surface area (Å²) in [4.78, 5) is 4.76. The highest BCUT2D eigenvalue weighted by molar-refractivity contribution is 5.34. The molecule has 0 fully saturated rings. The molecular formula is C18H23NO3. The molecule has 2 aromatic rings. The Morgan fingerprint density at radius 2 is 1.77 bits per heavy atom. The first-order valence-electron chi connectivity index (χ1n) is 7.47. The van der Waals surface area contributed by atoms with Crippen LogP contribution in [0.1, 0.15) is 23.4 Å². The lowest BCUT2D eigenvalue weighted by Crippen LogP contribution is -2.06. The number of pyridine rings is 1. The minimum Gasteiger partial charge on any atom is -0.466 e. The van der Waals surface area contributed by atoms with Gasteiger partial charge in [0.2, 0.25) is 0 Å². The standard InChI is InChI=1S/C18H23NO3/c1-20-12-6-9-16-10-11-18(22-14-21-2)17(19-16)13-15-7-4-3-5-8-15/h3-5,7-8,10-11H,6,9,12-14H2,1-2H3. The number of aromatic nitrogens is 1. The van der Waals surface area contributed by atoms with Gasteiger partial charge in [-0.05, 0) is 30.5 Å². The Morgan fingerprint density at radius 1 is 0.955 bits per heavy atom. The van der Waals surface area contributed by atoms with E-state index < -0.39 is 0 Å². The van der Waals surface area contributed by atoms with Crippen LogP contribution in [0, 0.1) is 0 Å². The predicted molar refractivity (Wildman–Crippen MR) is 86.2 cm³/mol. The van der Waals surface area contributed by atoms with Crippen LogP contribution in [0.3, 0.4) is 0 Å². The highest BCUT2D eigenvalue weighted by Gasteiger charge is 2.08. The topological polar surface area (TPSA) is 40.6 Å². The number of hydrogen-bond acceptors (Lipinski definition) is 4. The van der Waals surface area contributed by atoms with E-state index in [0.29, 0.717) is 0 Å². The molecule has 2 rings (SSSR count). The third-order valence-corrected chi connectivity index (χ3v) is 3.32. The van der Waals surface area contributed by atoms with E-state index in [9.17, 15) is 0 Å². The van der Waals surface area contributed by atoms with Crippen LogP contribution >= 0.6 is 0 Å². The first-order chi connectivity index (χ1) is 10.8. The molecule has 0 N–H and O–H groups in total. The van der Waals surface area contributed by atoms with E-state index in [1.165, 1.54) is 5.56 Å². The molecule has 1 aromatic heterocycles. The van der Waals surface area contributed by atoms with Crippen molar-refractivity contribution >= 4 is 0 Å². The summed E-state index contributed by atoms with van der Waals surface area (Å²) in [5.74, 6) is 0.779. The highest BCUT2D eigenvalue weighted by Crippen LogP contribution is 2.21. The summed E-state index contributed by atoms with van der Waals surface area (Å²) in [6.45, 7) is 0.976. The molecule has 0 atom stereocenters. The number of benzene rings is 1. The maximum Gasteiger partial charge on any atom is 0.188 e. The molecular weight excluding hydrogens is 278 g/mol. The summed E-state index contributed by atoms with van der Waals surface area (Å²) < 4.78 is 15.7. The molecule has 0 bridgehead atoms. The van der Waals surface area contributed by atoms with Gasteiger partial charge < -0.3 is 14.2 Å². The smallest absolute Gasteiger partial charge is 0.188 e. The number of hydrogen-bond donors (Lipinski definition) is 0. The third-order valence-electron chi connectivity index (χ3n) is 3.32. The van der Waals surface area contributed by atoms with Crippen molar-refractivity contribution in [2.45, 2.75) is 19.3 Å². The number of methoxy groups -OCH3 is 2. The molecule has 0 aliphatic heterocycles. The maximum absolute atomic E-state index is 5.63. The second-order valence-corrected chi connectivity index (χ2v) is 5.06. The van der Waals surface area contributed by atoms with Crippen LogP contribution < -0.4 is 4.74 Å². The average Bonchev–Trinajstić information content (AvgIpc) is 2.55. The van der Waals surface area contributed by atoms with Gasteiger partial charge in [-0.3, -0.25) is 4.98 Å². The molecule has 0 saturated carbocycles. The van der Waals surface area contributed by atoms with Crippen molar-refractivity contribution < 1.29 is 14.2 Å². The third kappa shape index (κ3) is 5.13. The Morgan fingerprint density at radius 3 is 2.50 bits per heavy atom. The lowest BCUT2D eigenvalue weighted by molar-refractivity contribution is 0.0501. The maximum atomic E-state index is 5.63. The summed E-state index contributed by atoms with van der Waals surface area (Å²) in [5.41, 5.74) is 3.22. The fourth-order valence-corrected chi connectivity index (χ4v) is 2.24. The quantitative estimate of drug-likeness (QED) is 0.526. The second-order valence-electron chi connectivity index (χ2n) is 5.06. The number of nitrogens with zero attached hydrogens (tertiary/aromatic N) is 1. The summed E-state index contributed by atoms with van der Waals surface area (Å²) in [6, 6.07) is 14.3. The van der Waals surface area contributed by atoms with Gasteiger partial charge in [-0.15, -0.1) is 0 Å². The fourth-order valence-electron chi connectivity index (χ4n) is 2.24. The largest absolute Gasteiger partial charge is 0.466 e. The van der Waals surface area contributed by atoms with Crippen molar-refractivity contribution in [2.75, 3.05) is 27.6 Å². The van der Waals surface area contributed by atoms with Crippen molar-refractivity contribution in [1.29, 1.82) is 0 Å². The van der Waals surface area contributed by atoms with Crippen LogP contribution in [-0.4, -0.2) is 32.6 Å². The monoisotopic (exact) mass is 301 g/mol. The Balaban J connectivity index is 2.15. The molecule has 0 aliphatic rings. The van der Waals surface area contributed by atoms with Gasteiger partial charge in [-0.1, -0.05) is 30.3 Å². The molecule has 0 spiro atoms. The van der Waals surface area contributed by atoms with Gasteiger partial charge >= 0.3 is 0 Å². The molecule has 0 unspecified atom stereocenters. The van der Waals surface area contributed by atoms with E-state index in [0.717, 1.165) is 43.0 Å². The minimum absolute atomic E-state index is 0.229. The van der Waals surface area contributed by atoms with Crippen LogP contribution in [-0.2, 0) is 22.3 Å². The van der Waals surface area contributed by atoms with Crippen molar-refractivity contribution in [1.82, 2.24) is 4.98 Å². The van der Waals surface area contributed by atoms with Crippen molar-refractivity contribution in [2.24, 2.45) is 0 Å². The SMILES string of the molecule is COCCCc1ccc(OCOC)c(Cc2ccccc2)n1. The van der Waals surface area contributed by atoms with E-state index in [1.807, 2.05) is 30.3 Å². The lowest BCUT2D eigenvalue weighted by Gasteiger charge is -2.12. The Kier molecular flexibility index (Phi) is 6.87. The van der Waals surface area contributed by atoms with Crippen LogP contribution in [0.15, 0.2) is 42.5 Å². The molecule has 4 nitrogen and oxygen atoms in total. The molecule has 0 saturated heterocycles. The zero-order valence-electron chi connectivity index (χ0n) is 13.2. The van der Waals surface area contributed by atoms with Gasteiger partial charge in [0.25, 0.3) is 0 Å². The van der Waals surface area contributed by atoms with Gasteiger partial charge in [0, 0.05) is 32.9 Å². The first-order valence-corrected chi connectivity index (χ1v) is 7.47. The molecule has 0 radical (unpaired) electrons. The second kappa shape index (κ2) is 9.18. The van der Waals surface area contributed by atoms with E-state index >= 15 is 0 Å². The van der Waals surface area contributed by atoms with E-state index in [1.54, 1.807) is 14.2 Å². The molecule has 0 aliphatic carbocycles. The summed E-state index contributed by atoms with van der Waals surface area (Å²) in [6.07, 6.45) is 2.62. The van der Waals surface area contributed by atoms with Crippen molar-refractivity contribution in [3.8, 4) is 5.75 Å². The minimum atomic E-state index is 0.229. The molecule has 0 amide bonds. The normalized spacial score (nSPS) is 10.6. The number of ether oxygens (including phenoxy) is 3. The predicted octanol–water partition coefficient (Wildman–Crippen LogP) is 3.23. The van der Waals surface area contributed by atoms with Gasteiger partial charge in [-0.25, -0.2) is 0 Å². The molecule has 22 heavy (non-hydrogen) atoms. The Hall–Kier alpha value is -1.91. The zero-order chi connectivity index (χ0) is 15.6. The van der Waals surface area contributed by atoms with E-state index in [2.05, 4.69) is 12.1 Å². The number of rotatable bonds is 9. The van der Waals surface area contributed by atoms with Crippen LogP contribution in [0.25, 0.3) is 0 Å². The number of aryl methyl sites for hydroxylation is 1. The summed E-state index contributed by atoms with van der Waals surface area (Å²) in [5, 5.41) is 0. The van der Waals surface area contributed by atoms with Crippen LogP contribution in [0.5, 0.6) is 5.75 Å². The Bertz CT molecular complexity index is 558. The van der Waals surface area contributed by atoms with Crippen molar-refractivity contribution in [3.05, 3.63) is 59.4 Å². The lowest BCUT2D eigenvalue weighted by atomic mass is 10.1. The van der Waals surface area contributed by atoms with Gasteiger partial charge in [-0.2, -0.15) is 0 Å². The highest BCUT2D eigenvalue weighted by atomic mass is 16.7. The fraction of sp³-hybridized carbons (Fsp3) is 0.389. The van der Waals surface area contributed by atoms with Gasteiger partial charge in [0.15, 0.2) is 6.79 Å². The average molecular weight is 301 g/mol. The molecule has 4 heteroatoms. The molecule has 1 heterocycles. The summed E-state index contributed by atoms with van der Waals surface area (Å²) >= 11 is 0. The first kappa shape index (κ1) is 16.5. The van der Waals surface area contributed by atoms with Crippen LogP contribution in [0.2, 0.25) is 0 Å². The Labute approximate surface area is 132 Å². The van der Waals surface area contributed by atoms with Crippen molar-refractivity contribution in [3.63, 3.8) is 0 Å². The van der Waals surface area contributed by atoms with Gasteiger partial charge in [0.05, 0.1) is 5.69 Å². The molecule has 1 aromatic carbocycles. The summed E-state index contributed by atoms with van der Waals surface area (Å²) in [7, 11) is 3.33. The van der Waals surface area contributed by atoms with Gasteiger partial charge in [0.1, 0.15) is 5.75 Å². The van der Waals surface area contributed by atoms with Crippen LogP contribution in [0.4, 0.5) is 0 Å². The van der Waals surface area contributed by atoms with E-state index in [4.69, 9.17) is 19.2 Å². The van der Waals surface area contributed by atoms with E-state index in [-0.39, 0.29) is 6.79 Å². The zero-order valence-corrected chi connectivity index (χ0v) is 13.2. The molecule has 118 valence electrons.